The number of hydrogen-bond acceptors (Lipinski definition) is 2. The summed E-state index contributed by atoms with van der Waals surface area (Å²) in [5, 5.41) is -0.398. The summed E-state index contributed by atoms with van der Waals surface area (Å²) in [5.74, 6) is 0. The van der Waals surface area contributed by atoms with E-state index in [2.05, 4.69) is 16.6 Å². The van der Waals surface area contributed by atoms with Crippen molar-refractivity contribution in [3.63, 3.8) is 0 Å². The minimum atomic E-state index is -4.51. The molecule has 0 N–H and O–H groups in total. The van der Waals surface area contributed by atoms with E-state index in [4.69, 9.17) is 11.6 Å². The van der Waals surface area contributed by atoms with Crippen LogP contribution in [-0.4, -0.2) is 10.7 Å². The minimum absolute atomic E-state index is 0.114. The Morgan fingerprint density at radius 3 is 2.33 bits per heavy atom. The van der Waals surface area contributed by atoms with Crippen molar-refractivity contribution < 1.29 is 13.2 Å². The molecule has 0 atom stereocenters. The van der Waals surface area contributed by atoms with Gasteiger partial charge in [0.2, 0.25) is 0 Å². The number of pyridine rings is 1. The van der Waals surface area contributed by atoms with Crippen LogP contribution in [0, 0.1) is 0 Å². The van der Waals surface area contributed by atoms with E-state index >= 15 is 0 Å². The van der Waals surface area contributed by atoms with Gasteiger partial charge in [0.1, 0.15) is 0 Å². The van der Waals surface area contributed by atoms with Crippen molar-refractivity contribution >= 4 is 28.6 Å². The Morgan fingerprint density at radius 1 is 1.05 bits per heavy atom. The lowest BCUT2D eigenvalue weighted by atomic mass is 9.99. The number of allylic oxidation sites excluding steroid dienone is 1. The van der Waals surface area contributed by atoms with Gasteiger partial charge < -0.3 is 0 Å². The molecule has 1 aromatic carbocycles. The molecule has 2 nitrogen and oxygen atoms in total. The number of aliphatic imine (C=N–C) groups is 1. The van der Waals surface area contributed by atoms with Crippen LogP contribution in [0.5, 0.6) is 0 Å². The molecule has 21 heavy (non-hydrogen) atoms. The molecule has 2 heterocycles. The van der Waals surface area contributed by atoms with Crippen molar-refractivity contribution in [3.05, 3.63) is 65.0 Å². The third kappa shape index (κ3) is 2.23. The van der Waals surface area contributed by atoms with Gasteiger partial charge in [0.05, 0.1) is 22.0 Å². The second-order valence-corrected chi connectivity index (χ2v) is 4.87. The molecule has 0 aliphatic carbocycles. The molecule has 0 saturated carbocycles. The van der Waals surface area contributed by atoms with Crippen LogP contribution in [0.1, 0.15) is 16.7 Å². The highest BCUT2D eigenvalue weighted by Crippen LogP contribution is 2.46. The smallest absolute Gasteiger partial charge is 0.265 e. The molecule has 1 aromatic heterocycles. The van der Waals surface area contributed by atoms with Gasteiger partial charge in [-0.05, 0) is 18.2 Å². The quantitative estimate of drug-likeness (QED) is 0.735. The van der Waals surface area contributed by atoms with Crippen LogP contribution in [0.3, 0.4) is 0 Å². The highest BCUT2D eigenvalue weighted by atomic mass is 35.5. The first-order chi connectivity index (χ1) is 9.89. The fourth-order valence-electron chi connectivity index (χ4n) is 2.19. The SMILES string of the molecule is C=C1C(c2ccncc2)=Nc2c1ccc(C(F)(F)F)c2Cl. The van der Waals surface area contributed by atoms with Crippen molar-refractivity contribution in [1.82, 2.24) is 4.98 Å². The van der Waals surface area contributed by atoms with Crippen LogP contribution in [0.25, 0.3) is 5.57 Å². The maximum atomic E-state index is 12.9. The summed E-state index contributed by atoms with van der Waals surface area (Å²) >= 11 is 5.88. The molecular weight excluding hydrogens is 301 g/mol. The standard InChI is InChI=1S/C15H8ClF3N2/c1-8-10-2-3-11(15(17,18)19)12(16)14(10)21-13(8)9-4-6-20-7-5-9/h2-7H,1H2. The Kier molecular flexibility index (Phi) is 3.10. The lowest BCUT2D eigenvalue weighted by Crippen LogP contribution is -2.05. The highest BCUT2D eigenvalue weighted by molar-refractivity contribution is 6.40. The van der Waals surface area contributed by atoms with Gasteiger partial charge in [-0.2, -0.15) is 13.2 Å². The molecule has 0 saturated heterocycles. The van der Waals surface area contributed by atoms with Crippen molar-refractivity contribution in [3.8, 4) is 0 Å². The van der Waals surface area contributed by atoms with Crippen LogP contribution < -0.4 is 0 Å². The van der Waals surface area contributed by atoms with E-state index in [1.165, 1.54) is 6.07 Å². The van der Waals surface area contributed by atoms with Crippen molar-refractivity contribution in [2.24, 2.45) is 4.99 Å². The summed E-state index contributed by atoms with van der Waals surface area (Å²) in [5.41, 5.74) is 1.52. The average Bonchev–Trinajstić information content (AvgIpc) is 2.77. The molecule has 0 bridgehead atoms. The fraction of sp³-hybridized carbons (Fsp3) is 0.0667. The molecule has 1 aliphatic heterocycles. The lowest BCUT2D eigenvalue weighted by Gasteiger charge is -2.10. The summed E-state index contributed by atoms with van der Waals surface area (Å²) in [6.45, 7) is 3.90. The normalized spacial score (nSPS) is 14.1. The number of benzene rings is 1. The summed E-state index contributed by atoms with van der Waals surface area (Å²) in [6.07, 6.45) is -1.35. The Bertz CT molecular complexity index is 764. The molecular formula is C15H8ClF3N2. The first kappa shape index (κ1) is 13.8. The third-order valence-electron chi connectivity index (χ3n) is 3.21. The first-order valence-corrected chi connectivity index (χ1v) is 6.36. The predicted octanol–water partition coefficient (Wildman–Crippen LogP) is 4.90. The van der Waals surface area contributed by atoms with Gasteiger partial charge in [-0.15, -0.1) is 0 Å². The molecule has 0 amide bonds. The van der Waals surface area contributed by atoms with Gasteiger partial charge in [0, 0.05) is 29.1 Å². The lowest BCUT2D eigenvalue weighted by molar-refractivity contribution is -0.137. The Balaban J connectivity index is 2.16. The third-order valence-corrected chi connectivity index (χ3v) is 3.59. The van der Waals surface area contributed by atoms with Gasteiger partial charge >= 0.3 is 6.18 Å². The van der Waals surface area contributed by atoms with Crippen LogP contribution in [0.4, 0.5) is 18.9 Å². The predicted molar refractivity (Wildman–Crippen MR) is 75.9 cm³/mol. The van der Waals surface area contributed by atoms with E-state index < -0.39 is 16.8 Å². The maximum Gasteiger partial charge on any atom is 0.417 e. The summed E-state index contributed by atoms with van der Waals surface area (Å²) in [6, 6.07) is 5.74. The molecule has 3 rings (SSSR count). The Labute approximate surface area is 123 Å². The molecule has 6 heteroatoms. The average molecular weight is 309 g/mol. The Morgan fingerprint density at radius 2 is 1.71 bits per heavy atom. The van der Waals surface area contributed by atoms with E-state index in [9.17, 15) is 13.2 Å². The van der Waals surface area contributed by atoms with Gasteiger partial charge in [0.25, 0.3) is 0 Å². The zero-order valence-electron chi connectivity index (χ0n) is 10.6. The second-order valence-electron chi connectivity index (χ2n) is 4.50. The zero-order valence-corrected chi connectivity index (χ0v) is 11.3. The number of halogens is 4. The van der Waals surface area contributed by atoms with E-state index in [1.807, 2.05) is 0 Å². The molecule has 0 unspecified atom stereocenters. The maximum absolute atomic E-state index is 12.9. The van der Waals surface area contributed by atoms with Gasteiger partial charge in [0.15, 0.2) is 0 Å². The fourth-order valence-corrected chi connectivity index (χ4v) is 2.51. The number of alkyl halides is 3. The van der Waals surface area contributed by atoms with E-state index in [0.29, 0.717) is 16.8 Å². The second kappa shape index (κ2) is 4.70. The monoisotopic (exact) mass is 308 g/mol. The molecule has 0 fully saturated rings. The van der Waals surface area contributed by atoms with Gasteiger partial charge in [-0.25, -0.2) is 4.99 Å². The molecule has 0 radical (unpaired) electrons. The summed E-state index contributed by atoms with van der Waals surface area (Å²) in [7, 11) is 0. The molecule has 0 spiro atoms. The van der Waals surface area contributed by atoms with Crippen molar-refractivity contribution in [2.45, 2.75) is 6.18 Å². The van der Waals surface area contributed by atoms with Crippen LogP contribution in [-0.2, 0) is 6.18 Å². The summed E-state index contributed by atoms with van der Waals surface area (Å²) < 4.78 is 38.6. The van der Waals surface area contributed by atoms with Crippen LogP contribution >= 0.6 is 11.6 Å². The number of fused-ring (bicyclic) bond motifs is 1. The van der Waals surface area contributed by atoms with E-state index in [1.54, 1.807) is 24.5 Å². The minimum Gasteiger partial charge on any atom is -0.265 e. The molecule has 1 aliphatic rings. The molecule has 106 valence electrons. The van der Waals surface area contributed by atoms with Gasteiger partial charge in [-0.1, -0.05) is 24.2 Å². The topological polar surface area (TPSA) is 25.2 Å². The highest BCUT2D eigenvalue weighted by Gasteiger charge is 2.36. The largest absolute Gasteiger partial charge is 0.417 e. The number of aromatic nitrogens is 1. The van der Waals surface area contributed by atoms with Crippen LogP contribution in [0.15, 0.2) is 48.2 Å². The van der Waals surface area contributed by atoms with E-state index in [-0.39, 0.29) is 5.69 Å². The van der Waals surface area contributed by atoms with Crippen LogP contribution in [0.2, 0.25) is 5.02 Å². The van der Waals surface area contributed by atoms with Crippen molar-refractivity contribution in [2.75, 3.05) is 0 Å². The van der Waals surface area contributed by atoms with Gasteiger partial charge in [-0.3, -0.25) is 4.98 Å². The number of rotatable bonds is 1. The Hall–Kier alpha value is -2.14. The number of hydrogen-bond donors (Lipinski definition) is 0. The zero-order chi connectivity index (χ0) is 15.2. The first-order valence-electron chi connectivity index (χ1n) is 5.98. The molecule has 2 aromatic rings. The number of nitrogens with zero attached hydrogens (tertiary/aromatic N) is 2. The van der Waals surface area contributed by atoms with Crippen molar-refractivity contribution in [1.29, 1.82) is 0 Å². The van der Waals surface area contributed by atoms with E-state index in [0.717, 1.165) is 11.6 Å². The summed E-state index contributed by atoms with van der Waals surface area (Å²) in [4.78, 5) is 8.13.